The van der Waals surface area contributed by atoms with E-state index in [4.69, 9.17) is 28.9 Å². The molecule has 3 rings (SSSR count). The Morgan fingerprint density at radius 2 is 1.55 bits per heavy atom. The lowest BCUT2D eigenvalue weighted by Crippen LogP contribution is -2.46. The summed E-state index contributed by atoms with van der Waals surface area (Å²) < 4.78 is 27.9. The summed E-state index contributed by atoms with van der Waals surface area (Å²) in [5.41, 5.74) is 0.352. The summed E-state index contributed by atoms with van der Waals surface area (Å²) in [5, 5.41) is 12.5. The first-order valence-corrected chi connectivity index (χ1v) is 11.4. The maximum Gasteiger partial charge on any atom is 0.225 e. The van der Waals surface area contributed by atoms with Crippen molar-refractivity contribution in [1.82, 2.24) is 0 Å². The number of epoxide rings is 1. The Hall–Kier alpha value is -0.890. The van der Waals surface area contributed by atoms with Crippen LogP contribution in [0.4, 0.5) is 0 Å². The summed E-state index contributed by atoms with van der Waals surface area (Å²) in [6.45, 7) is 8.81. The fourth-order valence-corrected chi connectivity index (χ4v) is 3.84. The fourth-order valence-electron chi connectivity index (χ4n) is 3.84. The highest BCUT2D eigenvalue weighted by molar-refractivity contribution is 5.75. The highest BCUT2D eigenvalue weighted by Gasteiger charge is 2.44. The molecule has 0 aromatic rings. The van der Waals surface area contributed by atoms with Crippen molar-refractivity contribution in [3.05, 3.63) is 0 Å². The summed E-state index contributed by atoms with van der Waals surface area (Å²) in [5.74, 6) is 0.456. The van der Waals surface area contributed by atoms with Gasteiger partial charge in [-0.3, -0.25) is 0 Å². The van der Waals surface area contributed by atoms with Crippen molar-refractivity contribution in [3.63, 3.8) is 0 Å². The van der Waals surface area contributed by atoms with Crippen LogP contribution in [0.25, 0.3) is 0 Å². The molecule has 3 fully saturated rings. The molecule has 3 aliphatic heterocycles. The lowest BCUT2D eigenvalue weighted by Gasteiger charge is -2.40. The van der Waals surface area contributed by atoms with Gasteiger partial charge in [-0.2, -0.15) is 0 Å². The van der Waals surface area contributed by atoms with Crippen LogP contribution in [-0.4, -0.2) is 63.1 Å². The molecule has 0 spiro atoms. The van der Waals surface area contributed by atoms with Gasteiger partial charge in [0.1, 0.15) is 6.10 Å². The van der Waals surface area contributed by atoms with Gasteiger partial charge in [-0.05, 0) is 25.7 Å². The Labute approximate surface area is 175 Å². The molecule has 0 radical (unpaired) electrons. The van der Waals surface area contributed by atoms with Crippen LogP contribution in [0, 0.1) is 10.8 Å². The van der Waals surface area contributed by atoms with Crippen LogP contribution in [0.15, 0.2) is 5.16 Å². The first kappa shape index (κ1) is 22.8. The minimum Gasteiger partial charge on any atom is -0.478 e. The highest BCUT2D eigenvalue weighted by atomic mass is 16.8. The average Bonchev–Trinajstić information content (AvgIpc) is 3.42. The fraction of sp³-hybridized carbons (Fsp3) is 0.955. The Kier molecular flexibility index (Phi) is 8.59. The van der Waals surface area contributed by atoms with Gasteiger partial charge in [0, 0.05) is 11.8 Å². The number of nitrogens with zero attached hydrogens (tertiary/aromatic N) is 1. The molecule has 2 atom stereocenters. The number of unbranched alkanes of at least 4 members (excludes halogenated alkanes) is 4. The third-order valence-electron chi connectivity index (χ3n) is 6.76. The van der Waals surface area contributed by atoms with Crippen molar-refractivity contribution in [2.24, 2.45) is 16.0 Å². The predicted octanol–water partition coefficient (Wildman–Crippen LogP) is 4.12. The number of hydrogen-bond donors (Lipinski definition) is 1. The summed E-state index contributed by atoms with van der Waals surface area (Å²) in [4.78, 5) is 0. The van der Waals surface area contributed by atoms with Crippen LogP contribution in [-0.2, 0) is 23.7 Å². The zero-order chi connectivity index (χ0) is 20.6. The maximum atomic E-state index is 9.15. The maximum absolute atomic E-state index is 9.15. The molecule has 7 heteroatoms. The molecule has 3 heterocycles. The third kappa shape index (κ3) is 6.54. The second-order valence-electron chi connectivity index (χ2n) is 9.14. The van der Waals surface area contributed by atoms with Crippen LogP contribution in [0.5, 0.6) is 0 Å². The Morgan fingerprint density at radius 1 is 0.931 bits per heavy atom. The predicted molar refractivity (Wildman–Crippen MR) is 109 cm³/mol. The minimum atomic E-state index is 0.00646. The molecule has 29 heavy (non-hydrogen) atoms. The molecule has 2 unspecified atom stereocenters. The summed E-state index contributed by atoms with van der Waals surface area (Å²) in [7, 11) is 0. The van der Waals surface area contributed by atoms with E-state index in [0.29, 0.717) is 18.9 Å². The first-order chi connectivity index (χ1) is 14.1. The highest BCUT2D eigenvalue weighted by Crippen LogP contribution is 2.35. The molecule has 0 amide bonds. The summed E-state index contributed by atoms with van der Waals surface area (Å²) in [6, 6.07) is 0. The van der Waals surface area contributed by atoms with Crippen molar-refractivity contribution in [1.29, 1.82) is 0 Å². The zero-order valence-electron chi connectivity index (χ0n) is 18.2. The largest absolute Gasteiger partial charge is 0.478 e. The number of rotatable bonds is 15. The van der Waals surface area contributed by atoms with Crippen LogP contribution in [0.1, 0.15) is 71.6 Å². The average molecular weight is 414 g/mol. The van der Waals surface area contributed by atoms with Gasteiger partial charge in [0.2, 0.25) is 5.90 Å². The lowest BCUT2D eigenvalue weighted by atomic mass is 9.84. The number of hydrogen-bond acceptors (Lipinski definition) is 7. The molecule has 168 valence electrons. The van der Waals surface area contributed by atoms with Crippen molar-refractivity contribution in [2.75, 3.05) is 39.6 Å². The van der Waals surface area contributed by atoms with E-state index in [2.05, 4.69) is 19.0 Å². The first-order valence-electron chi connectivity index (χ1n) is 11.4. The Bertz CT molecular complexity index is 506. The monoisotopic (exact) mass is 413 g/mol. The molecule has 0 aromatic heterocycles. The zero-order valence-corrected chi connectivity index (χ0v) is 18.2. The van der Waals surface area contributed by atoms with E-state index in [-0.39, 0.29) is 23.2 Å². The topological polar surface area (TPSA) is 82.0 Å². The van der Waals surface area contributed by atoms with Gasteiger partial charge in [0.05, 0.1) is 45.1 Å². The van der Waals surface area contributed by atoms with E-state index in [1.165, 1.54) is 19.3 Å². The van der Waals surface area contributed by atoms with Crippen molar-refractivity contribution in [3.8, 4) is 0 Å². The molecule has 0 aliphatic carbocycles. The van der Waals surface area contributed by atoms with Gasteiger partial charge in [-0.15, -0.1) is 0 Å². The molecule has 1 N–H and O–H groups in total. The van der Waals surface area contributed by atoms with Gasteiger partial charge in [0.25, 0.3) is 0 Å². The van der Waals surface area contributed by atoms with Crippen molar-refractivity contribution in [2.45, 2.75) is 84.0 Å². The van der Waals surface area contributed by atoms with Crippen LogP contribution in [0.2, 0.25) is 0 Å². The molecular formula is C22H39NO6. The SMILES string of the molecule is CCC1(COC(CCCCCCCC2OC2OCC2(CC)COC2)=NO)COC1. The number of ether oxygens (including phenoxy) is 5. The van der Waals surface area contributed by atoms with Crippen LogP contribution in [0.3, 0.4) is 0 Å². The molecule has 0 bridgehead atoms. The second kappa shape index (κ2) is 10.9. The summed E-state index contributed by atoms with van der Waals surface area (Å²) in [6.07, 6.45) is 9.85. The second-order valence-corrected chi connectivity index (χ2v) is 9.14. The van der Waals surface area contributed by atoms with Gasteiger partial charge in [-0.25, -0.2) is 0 Å². The third-order valence-corrected chi connectivity index (χ3v) is 6.76. The van der Waals surface area contributed by atoms with E-state index in [1.54, 1.807) is 0 Å². The van der Waals surface area contributed by atoms with Crippen LogP contribution >= 0.6 is 0 Å². The van der Waals surface area contributed by atoms with Gasteiger partial charge >= 0.3 is 0 Å². The molecule has 3 saturated heterocycles. The quantitative estimate of drug-likeness (QED) is 0.109. The van der Waals surface area contributed by atoms with E-state index in [9.17, 15) is 0 Å². The van der Waals surface area contributed by atoms with Gasteiger partial charge in [0.15, 0.2) is 6.29 Å². The minimum absolute atomic E-state index is 0.00646. The molecule has 0 saturated carbocycles. The smallest absolute Gasteiger partial charge is 0.225 e. The summed E-state index contributed by atoms with van der Waals surface area (Å²) >= 11 is 0. The molecule has 7 nitrogen and oxygen atoms in total. The van der Waals surface area contributed by atoms with Crippen LogP contribution < -0.4 is 0 Å². The molecule has 0 aromatic carbocycles. The van der Waals surface area contributed by atoms with Crippen molar-refractivity contribution >= 4 is 5.90 Å². The van der Waals surface area contributed by atoms with Gasteiger partial charge in [-0.1, -0.05) is 44.7 Å². The molecule has 3 aliphatic rings. The number of oxime groups is 1. The van der Waals surface area contributed by atoms with Gasteiger partial charge < -0.3 is 28.9 Å². The van der Waals surface area contributed by atoms with E-state index >= 15 is 0 Å². The normalized spacial score (nSPS) is 27.2. The standard InChI is InChI=1S/C22H39NO6/c1-3-21(12-25-13-21)16-27-19(23-24)11-9-7-5-6-8-10-18-20(29-18)28-17-22(4-2)14-26-15-22/h18,20,24H,3-17H2,1-2H3. The van der Waals surface area contributed by atoms with E-state index < -0.39 is 0 Å². The molecular weight excluding hydrogens is 374 g/mol. The van der Waals surface area contributed by atoms with E-state index in [1.807, 2.05) is 0 Å². The van der Waals surface area contributed by atoms with Crippen molar-refractivity contribution < 1.29 is 28.9 Å². The lowest BCUT2D eigenvalue weighted by molar-refractivity contribution is -0.159. The Morgan fingerprint density at radius 3 is 2.14 bits per heavy atom. The Balaban J connectivity index is 1.14. The van der Waals surface area contributed by atoms with E-state index in [0.717, 1.165) is 65.1 Å².